The summed E-state index contributed by atoms with van der Waals surface area (Å²) in [5.74, 6) is 0.546. The largest absolute Gasteiger partial charge is 0.496 e. The molecule has 0 unspecified atom stereocenters. The van der Waals surface area contributed by atoms with Gasteiger partial charge in [-0.25, -0.2) is 0 Å². The van der Waals surface area contributed by atoms with Crippen LogP contribution in [0.15, 0.2) is 18.2 Å². The van der Waals surface area contributed by atoms with Gasteiger partial charge in [0.2, 0.25) is 0 Å². The second kappa shape index (κ2) is 9.96. The lowest BCUT2D eigenvalue weighted by molar-refractivity contribution is -0.385. The van der Waals surface area contributed by atoms with Crippen molar-refractivity contribution in [1.82, 2.24) is 0 Å². The van der Waals surface area contributed by atoms with Crippen molar-refractivity contribution in [2.24, 2.45) is 0 Å². The second-order valence-electron chi connectivity index (χ2n) is 2.36. The Bertz CT molecular complexity index is 311. The van der Waals surface area contributed by atoms with Gasteiger partial charge < -0.3 is 4.74 Å². The third-order valence-corrected chi connectivity index (χ3v) is 1.67. The molecule has 16 heavy (non-hydrogen) atoms. The number of benzene rings is 1. The minimum Gasteiger partial charge on any atom is -0.496 e. The van der Waals surface area contributed by atoms with Gasteiger partial charge in [0, 0.05) is 6.07 Å². The van der Waals surface area contributed by atoms with Crippen LogP contribution in [0.25, 0.3) is 0 Å². The number of rotatable bonds is 2. The minimum atomic E-state index is -0.419. The maximum absolute atomic E-state index is 10.4. The Morgan fingerprint density at radius 2 is 1.69 bits per heavy atom. The Labute approximate surface area is 97.4 Å². The van der Waals surface area contributed by atoms with Crippen molar-refractivity contribution in [3.63, 3.8) is 0 Å². The van der Waals surface area contributed by atoms with E-state index in [0.717, 1.165) is 0 Å². The first-order valence-electron chi connectivity index (χ1n) is 5.45. The lowest BCUT2D eigenvalue weighted by Crippen LogP contribution is -1.94. The molecule has 1 aromatic carbocycles. The zero-order chi connectivity index (χ0) is 13.1. The molecule has 0 radical (unpaired) electrons. The maximum Gasteiger partial charge on any atom is 0.276 e. The van der Waals surface area contributed by atoms with Crippen molar-refractivity contribution < 1.29 is 9.66 Å². The average molecular weight is 227 g/mol. The van der Waals surface area contributed by atoms with Gasteiger partial charge in [-0.3, -0.25) is 10.1 Å². The van der Waals surface area contributed by atoms with Gasteiger partial charge in [0.05, 0.1) is 17.6 Å². The number of nitro groups is 1. The van der Waals surface area contributed by atoms with E-state index in [1.807, 2.05) is 27.7 Å². The highest BCUT2D eigenvalue weighted by atomic mass is 16.6. The molecule has 0 atom stereocenters. The highest BCUT2D eigenvalue weighted by Crippen LogP contribution is 2.26. The van der Waals surface area contributed by atoms with Crippen molar-refractivity contribution in [2.45, 2.75) is 34.6 Å². The smallest absolute Gasteiger partial charge is 0.276 e. The van der Waals surface area contributed by atoms with Crippen molar-refractivity contribution in [3.8, 4) is 5.75 Å². The molecule has 0 N–H and O–H groups in total. The van der Waals surface area contributed by atoms with Gasteiger partial charge in [-0.1, -0.05) is 33.8 Å². The second-order valence-corrected chi connectivity index (χ2v) is 2.36. The molecular formula is C12H21NO3. The summed E-state index contributed by atoms with van der Waals surface area (Å²) in [5.41, 5.74) is 0.652. The Kier molecular flexibility index (Phi) is 10.5. The van der Waals surface area contributed by atoms with Crippen LogP contribution in [-0.4, -0.2) is 12.0 Å². The van der Waals surface area contributed by atoms with Crippen LogP contribution in [0.4, 0.5) is 5.69 Å². The van der Waals surface area contributed by atoms with E-state index < -0.39 is 4.92 Å². The van der Waals surface area contributed by atoms with Gasteiger partial charge in [0.1, 0.15) is 5.75 Å². The van der Waals surface area contributed by atoms with Gasteiger partial charge in [-0.15, -0.1) is 0 Å². The van der Waals surface area contributed by atoms with Crippen LogP contribution < -0.4 is 4.74 Å². The molecule has 0 spiro atoms. The zero-order valence-electron chi connectivity index (χ0n) is 10.9. The summed E-state index contributed by atoms with van der Waals surface area (Å²) < 4.78 is 4.93. The first-order chi connectivity index (χ1) is 7.66. The Balaban J connectivity index is 0. The third kappa shape index (κ3) is 4.77. The van der Waals surface area contributed by atoms with Crippen LogP contribution >= 0.6 is 0 Å². The van der Waals surface area contributed by atoms with Crippen molar-refractivity contribution in [3.05, 3.63) is 33.9 Å². The SMILES string of the molecule is CC.CC.COc1cccc([N+](=O)[O-])c1C. The summed E-state index contributed by atoms with van der Waals surface area (Å²) >= 11 is 0. The van der Waals surface area contributed by atoms with E-state index in [2.05, 4.69) is 0 Å². The molecule has 0 amide bonds. The molecule has 0 saturated heterocycles. The van der Waals surface area contributed by atoms with Crippen molar-refractivity contribution in [2.75, 3.05) is 7.11 Å². The molecule has 0 bridgehead atoms. The predicted molar refractivity (Wildman–Crippen MR) is 67.1 cm³/mol. The number of methoxy groups -OCH3 is 1. The monoisotopic (exact) mass is 227 g/mol. The fraction of sp³-hybridized carbons (Fsp3) is 0.500. The number of hydrogen-bond acceptors (Lipinski definition) is 3. The highest BCUT2D eigenvalue weighted by Gasteiger charge is 2.12. The fourth-order valence-corrected chi connectivity index (χ4v) is 1.02. The first kappa shape index (κ1) is 16.8. The van der Waals surface area contributed by atoms with E-state index in [1.54, 1.807) is 19.1 Å². The summed E-state index contributed by atoms with van der Waals surface area (Å²) in [4.78, 5) is 10.0. The normalized spacial score (nSPS) is 7.88. The lowest BCUT2D eigenvalue weighted by Gasteiger charge is -2.03. The van der Waals surface area contributed by atoms with Crippen LogP contribution in [0.2, 0.25) is 0 Å². The molecule has 0 saturated carbocycles. The van der Waals surface area contributed by atoms with Gasteiger partial charge in [0.15, 0.2) is 0 Å². The summed E-state index contributed by atoms with van der Waals surface area (Å²) in [6.45, 7) is 9.66. The molecule has 1 rings (SSSR count). The molecule has 0 aliphatic carbocycles. The van der Waals surface area contributed by atoms with E-state index in [4.69, 9.17) is 4.74 Å². The molecular weight excluding hydrogens is 206 g/mol. The number of nitrogens with zero attached hydrogens (tertiary/aromatic N) is 1. The summed E-state index contributed by atoms with van der Waals surface area (Å²) in [5, 5.41) is 10.4. The van der Waals surface area contributed by atoms with Crippen LogP contribution in [0.3, 0.4) is 0 Å². The summed E-state index contributed by atoms with van der Waals surface area (Å²) in [6.07, 6.45) is 0. The number of ether oxygens (including phenoxy) is 1. The molecule has 0 aromatic heterocycles. The Morgan fingerprint density at radius 1 is 1.19 bits per heavy atom. The molecule has 0 fully saturated rings. The fourth-order valence-electron chi connectivity index (χ4n) is 1.02. The van der Waals surface area contributed by atoms with Crippen molar-refractivity contribution >= 4 is 5.69 Å². The van der Waals surface area contributed by atoms with Crippen LogP contribution in [-0.2, 0) is 0 Å². The van der Waals surface area contributed by atoms with Gasteiger partial charge in [-0.05, 0) is 13.0 Å². The Morgan fingerprint density at radius 3 is 2.06 bits per heavy atom. The van der Waals surface area contributed by atoms with Crippen LogP contribution in [0.1, 0.15) is 33.3 Å². The van der Waals surface area contributed by atoms with E-state index in [1.165, 1.54) is 13.2 Å². The zero-order valence-corrected chi connectivity index (χ0v) is 10.9. The Hall–Kier alpha value is -1.58. The van der Waals surface area contributed by atoms with Crippen LogP contribution in [0.5, 0.6) is 5.75 Å². The molecule has 0 aliphatic heterocycles. The van der Waals surface area contributed by atoms with Crippen LogP contribution in [0, 0.1) is 17.0 Å². The summed E-state index contributed by atoms with van der Waals surface area (Å²) in [6, 6.07) is 4.75. The lowest BCUT2D eigenvalue weighted by atomic mass is 10.2. The van der Waals surface area contributed by atoms with E-state index in [0.29, 0.717) is 11.3 Å². The third-order valence-electron chi connectivity index (χ3n) is 1.67. The number of hydrogen-bond donors (Lipinski definition) is 0. The quantitative estimate of drug-likeness (QED) is 0.567. The molecule has 92 valence electrons. The standard InChI is InChI=1S/C8H9NO3.2C2H6/c1-6-7(9(10)11)4-3-5-8(6)12-2;2*1-2/h3-5H,1-2H3;2*1-2H3. The first-order valence-corrected chi connectivity index (χ1v) is 5.45. The topological polar surface area (TPSA) is 52.4 Å². The minimum absolute atomic E-state index is 0.0920. The molecule has 1 aromatic rings. The van der Waals surface area contributed by atoms with Gasteiger partial charge in [0.25, 0.3) is 5.69 Å². The maximum atomic E-state index is 10.4. The number of nitro benzene ring substituents is 1. The van der Waals surface area contributed by atoms with Crippen molar-refractivity contribution in [1.29, 1.82) is 0 Å². The van der Waals surface area contributed by atoms with E-state index in [9.17, 15) is 10.1 Å². The predicted octanol–water partition coefficient (Wildman–Crippen LogP) is 3.96. The van der Waals surface area contributed by atoms with E-state index >= 15 is 0 Å². The molecule has 0 heterocycles. The molecule has 0 aliphatic rings. The van der Waals surface area contributed by atoms with E-state index in [-0.39, 0.29) is 5.69 Å². The summed E-state index contributed by atoms with van der Waals surface area (Å²) in [7, 11) is 1.49. The highest BCUT2D eigenvalue weighted by molar-refractivity contribution is 5.48. The molecule has 4 heteroatoms. The van der Waals surface area contributed by atoms with Gasteiger partial charge in [-0.2, -0.15) is 0 Å². The van der Waals surface area contributed by atoms with Gasteiger partial charge >= 0.3 is 0 Å². The average Bonchev–Trinajstić information content (AvgIpc) is 2.34. The molecule has 4 nitrogen and oxygen atoms in total.